The summed E-state index contributed by atoms with van der Waals surface area (Å²) in [5.74, 6) is -0.314. The molecule has 70 valence electrons. The lowest BCUT2D eigenvalue weighted by Gasteiger charge is -2.05. The molecule has 4 heteroatoms. The number of aromatic hydroxyl groups is 1. The van der Waals surface area contributed by atoms with Gasteiger partial charge >= 0.3 is 0 Å². The van der Waals surface area contributed by atoms with Gasteiger partial charge in [0.05, 0.1) is 5.56 Å². The molecule has 0 aliphatic heterocycles. The van der Waals surface area contributed by atoms with Crippen molar-refractivity contribution in [2.75, 3.05) is 19.4 Å². The van der Waals surface area contributed by atoms with Crippen LogP contribution in [0.4, 0.5) is 5.69 Å². The van der Waals surface area contributed by atoms with Crippen LogP contribution in [0.3, 0.4) is 0 Å². The van der Waals surface area contributed by atoms with Crippen molar-refractivity contribution < 1.29 is 9.90 Å². The summed E-state index contributed by atoms with van der Waals surface area (Å²) in [6.45, 7) is 0. The van der Waals surface area contributed by atoms with Crippen LogP contribution in [-0.4, -0.2) is 25.1 Å². The Kier molecular flexibility index (Phi) is 2.74. The second kappa shape index (κ2) is 3.80. The van der Waals surface area contributed by atoms with Gasteiger partial charge in [-0.05, 0) is 12.1 Å². The first-order valence-corrected chi connectivity index (χ1v) is 3.92. The molecule has 0 aliphatic rings. The first-order valence-electron chi connectivity index (χ1n) is 3.92. The number of phenols is 1. The SMILES string of the molecule is CNC(=O)c1ccc(NC)cc1O. The molecule has 0 aliphatic carbocycles. The lowest BCUT2D eigenvalue weighted by Crippen LogP contribution is -2.17. The molecule has 0 spiro atoms. The summed E-state index contributed by atoms with van der Waals surface area (Å²) < 4.78 is 0. The van der Waals surface area contributed by atoms with Crippen molar-refractivity contribution >= 4 is 11.6 Å². The molecule has 0 heterocycles. The van der Waals surface area contributed by atoms with Crippen molar-refractivity contribution in [1.29, 1.82) is 0 Å². The van der Waals surface area contributed by atoms with Crippen LogP contribution in [0.25, 0.3) is 0 Å². The Labute approximate surface area is 76.6 Å². The van der Waals surface area contributed by atoms with E-state index in [9.17, 15) is 9.90 Å². The lowest BCUT2D eigenvalue weighted by atomic mass is 10.1. The Balaban J connectivity index is 3.05. The fourth-order valence-corrected chi connectivity index (χ4v) is 1.01. The van der Waals surface area contributed by atoms with Gasteiger partial charge in [-0.15, -0.1) is 0 Å². The summed E-state index contributed by atoms with van der Waals surface area (Å²) in [5, 5.41) is 14.7. The number of hydrogen-bond acceptors (Lipinski definition) is 3. The van der Waals surface area contributed by atoms with Gasteiger partial charge in [0.1, 0.15) is 5.75 Å². The van der Waals surface area contributed by atoms with Gasteiger partial charge in [-0.2, -0.15) is 0 Å². The maximum atomic E-state index is 11.1. The molecule has 0 saturated carbocycles. The van der Waals surface area contributed by atoms with E-state index in [1.807, 2.05) is 0 Å². The Hall–Kier alpha value is -1.71. The average Bonchev–Trinajstić information content (AvgIpc) is 2.16. The largest absolute Gasteiger partial charge is 0.507 e. The molecule has 4 nitrogen and oxygen atoms in total. The summed E-state index contributed by atoms with van der Waals surface area (Å²) in [4.78, 5) is 11.1. The van der Waals surface area contributed by atoms with E-state index in [2.05, 4.69) is 10.6 Å². The number of anilines is 1. The van der Waals surface area contributed by atoms with Crippen LogP contribution in [0, 0.1) is 0 Å². The van der Waals surface area contributed by atoms with E-state index >= 15 is 0 Å². The second-order valence-corrected chi connectivity index (χ2v) is 2.56. The van der Waals surface area contributed by atoms with Crippen molar-refractivity contribution in [2.45, 2.75) is 0 Å². The maximum Gasteiger partial charge on any atom is 0.254 e. The number of benzene rings is 1. The zero-order valence-electron chi connectivity index (χ0n) is 7.59. The monoisotopic (exact) mass is 180 g/mol. The van der Waals surface area contributed by atoms with Crippen molar-refractivity contribution in [2.24, 2.45) is 0 Å². The molecule has 1 aromatic rings. The van der Waals surface area contributed by atoms with Gasteiger partial charge < -0.3 is 15.7 Å². The average molecular weight is 180 g/mol. The van der Waals surface area contributed by atoms with E-state index in [0.717, 1.165) is 5.69 Å². The van der Waals surface area contributed by atoms with E-state index in [4.69, 9.17) is 0 Å². The highest BCUT2D eigenvalue weighted by Crippen LogP contribution is 2.21. The molecule has 3 N–H and O–H groups in total. The van der Waals surface area contributed by atoms with Crippen LogP contribution >= 0.6 is 0 Å². The summed E-state index contributed by atoms with van der Waals surface area (Å²) in [6.07, 6.45) is 0. The molecule has 0 unspecified atom stereocenters. The molecule has 1 amide bonds. The fourth-order valence-electron chi connectivity index (χ4n) is 1.01. The molecule has 0 radical (unpaired) electrons. The van der Waals surface area contributed by atoms with Crippen molar-refractivity contribution in [3.8, 4) is 5.75 Å². The molecule has 1 aromatic carbocycles. The molecule has 13 heavy (non-hydrogen) atoms. The van der Waals surface area contributed by atoms with Gasteiger partial charge in [0.2, 0.25) is 0 Å². The Morgan fingerprint density at radius 2 is 2.08 bits per heavy atom. The van der Waals surface area contributed by atoms with E-state index < -0.39 is 0 Å². The molecule has 0 saturated heterocycles. The predicted octanol–water partition coefficient (Wildman–Crippen LogP) is 0.793. The minimum Gasteiger partial charge on any atom is -0.507 e. The number of nitrogens with one attached hydrogen (secondary N) is 2. The number of carbonyl (C=O) groups excluding carboxylic acids is 1. The van der Waals surface area contributed by atoms with Crippen molar-refractivity contribution in [1.82, 2.24) is 5.32 Å². The minimum atomic E-state index is -0.292. The topological polar surface area (TPSA) is 61.4 Å². The molecular formula is C9H12N2O2. The molecule has 0 atom stereocenters. The molecule has 0 aromatic heterocycles. The second-order valence-electron chi connectivity index (χ2n) is 2.56. The van der Waals surface area contributed by atoms with E-state index in [-0.39, 0.29) is 17.2 Å². The summed E-state index contributed by atoms with van der Waals surface area (Å²) in [6, 6.07) is 4.80. The third-order valence-corrected chi connectivity index (χ3v) is 1.76. The highest BCUT2D eigenvalue weighted by atomic mass is 16.3. The van der Waals surface area contributed by atoms with Crippen LogP contribution in [0.15, 0.2) is 18.2 Å². The fraction of sp³-hybridized carbons (Fsp3) is 0.222. The van der Waals surface area contributed by atoms with Crippen LogP contribution in [0.5, 0.6) is 5.75 Å². The smallest absolute Gasteiger partial charge is 0.254 e. The van der Waals surface area contributed by atoms with Gasteiger partial charge in [-0.1, -0.05) is 0 Å². The maximum absolute atomic E-state index is 11.1. The summed E-state index contributed by atoms with van der Waals surface area (Å²) >= 11 is 0. The standard InChI is InChI=1S/C9H12N2O2/c1-10-6-3-4-7(8(12)5-6)9(13)11-2/h3-5,10,12H,1-2H3,(H,11,13). The normalized spacial score (nSPS) is 9.38. The summed E-state index contributed by atoms with van der Waals surface area (Å²) in [7, 11) is 3.27. The quantitative estimate of drug-likeness (QED) is 0.630. The Bertz CT molecular complexity index is 323. The first kappa shape index (κ1) is 9.38. The van der Waals surface area contributed by atoms with Gasteiger partial charge in [0.25, 0.3) is 5.91 Å². The van der Waals surface area contributed by atoms with Gasteiger partial charge in [0.15, 0.2) is 0 Å². The number of carbonyl (C=O) groups is 1. The Morgan fingerprint density at radius 1 is 1.38 bits per heavy atom. The van der Waals surface area contributed by atoms with Crippen LogP contribution in [0.1, 0.15) is 10.4 Å². The van der Waals surface area contributed by atoms with Gasteiger partial charge in [-0.3, -0.25) is 4.79 Å². The van der Waals surface area contributed by atoms with Crippen LogP contribution in [0.2, 0.25) is 0 Å². The summed E-state index contributed by atoms with van der Waals surface area (Å²) in [5.41, 5.74) is 1.05. The predicted molar refractivity (Wildman–Crippen MR) is 51.0 cm³/mol. The molecule has 1 rings (SSSR count). The van der Waals surface area contributed by atoms with Crippen molar-refractivity contribution in [3.63, 3.8) is 0 Å². The van der Waals surface area contributed by atoms with Gasteiger partial charge in [-0.25, -0.2) is 0 Å². The third kappa shape index (κ3) is 1.90. The third-order valence-electron chi connectivity index (χ3n) is 1.76. The molecule has 0 bridgehead atoms. The molecular weight excluding hydrogens is 168 g/mol. The minimum absolute atomic E-state index is 0.0220. The zero-order chi connectivity index (χ0) is 9.84. The first-order chi connectivity index (χ1) is 6.19. The van der Waals surface area contributed by atoms with Gasteiger partial charge in [0, 0.05) is 25.8 Å². The number of rotatable bonds is 2. The molecule has 0 fully saturated rings. The van der Waals surface area contributed by atoms with Crippen LogP contribution in [-0.2, 0) is 0 Å². The number of phenolic OH excluding ortho intramolecular Hbond substituents is 1. The zero-order valence-corrected chi connectivity index (χ0v) is 7.59. The number of amides is 1. The highest BCUT2D eigenvalue weighted by molar-refractivity contribution is 5.97. The highest BCUT2D eigenvalue weighted by Gasteiger charge is 2.08. The van der Waals surface area contributed by atoms with E-state index in [0.29, 0.717) is 0 Å². The van der Waals surface area contributed by atoms with E-state index in [1.165, 1.54) is 13.1 Å². The van der Waals surface area contributed by atoms with Crippen LogP contribution < -0.4 is 10.6 Å². The Morgan fingerprint density at radius 3 is 2.54 bits per heavy atom. The van der Waals surface area contributed by atoms with Crippen molar-refractivity contribution in [3.05, 3.63) is 23.8 Å². The van der Waals surface area contributed by atoms with E-state index in [1.54, 1.807) is 19.2 Å². The number of hydrogen-bond donors (Lipinski definition) is 3. The lowest BCUT2D eigenvalue weighted by molar-refractivity contribution is 0.0960.